The van der Waals surface area contributed by atoms with Crippen LogP contribution in [0.1, 0.15) is 37.9 Å². The highest BCUT2D eigenvalue weighted by atomic mass is 35.5. The maximum Gasteiger partial charge on any atom is 0.337 e. The quantitative estimate of drug-likeness (QED) is 0.128. The molecule has 2 atom stereocenters. The fraction of sp³-hybridized carbons (Fsp3) is 0.346. The number of ether oxygens (including phenoxy) is 4. The number of halogens is 2. The number of aliphatic hydroxyl groups is 1. The van der Waals surface area contributed by atoms with Crippen molar-refractivity contribution in [1.82, 2.24) is 16.1 Å². The van der Waals surface area contributed by atoms with Gasteiger partial charge in [-0.15, -0.1) is 0 Å². The lowest BCUT2D eigenvalue weighted by atomic mass is 9.95. The molecular weight excluding hydrogens is 551 g/mol. The number of hydrogen-bond acceptors (Lipinski definition) is 9. The van der Waals surface area contributed by atoms with E-state index in [-0.39, 0.29) is 12.2 Å². The molecule has 0 aromatic heterocycles. The van der Waals surface area contributed by atoms with Crippen molar-refractivity contribution in [2.24, 2.45) is 5.10 Å². The summed E-state index contributed by atoms with van der Waals surface area (Å²) in [4.78, 5) is 24.5. The molecule has 2 aromatic carbocycles. The number of nitrogens with one attached hydrogen (secondary N) is 3. The average Bonchev–Trinajstić information content (AvgIpc) is 2.89. The van der Waals surface area contributed by atoms with Crippen LogP contribution in [0.3, 0.4) is 0 Å². The maximum absolute atomic E-state index is 12.4. The Hall–Kier alpha value is -3.67. The van der Waals surface area contributed by atoms with Gasteiger partial charge in [0.15, 0.2) is 17.7 Å². The van der Waals surface area contributed by atoms with Gasteiger partial charge in [0.25, 0.3) is 0 Å². The fourth-order valence-corrected chi connectivity index (χ4v) is 4.35. The van der Waals surface area contributed by atoms with Gasteiger partial charge in [0.2, 0.25) is 0 Å². The predicted molar refractivity (Wildman–Crippen MR) is 147 cm³/mol. The molecule has 2 aromatic rings. The van der Waals surface area contributed by atoms with E-state index in [0.29, 0.717) is 57.3 Å². The molecule has 13 heteroatoms. The molecule has 0 unspecified atom stereocenters. The van der Waals surface area contributed by atoms with Crippen molar-refractivity contribution in [2.75, 3.05) is 26.9 Å². The Bertz CT molecular complexity index is 1270. The summed E-state index contributed by atoms with van der Waals surface area (Å²) in [6.07, 6.45) is 0.245. The van der Waals surface area contributed by atoms with Gasteiger partial charge in [0, 0.05) is 16.3 Å². The third kappa shape index (κ3) is 7.69. The van der Waals surface area contributed by atoms with E-state index in [4.69, 9.17) is 42.1 Å². The molecule has 0 saturated heterocycles. The molecule has 0 fully saturated rings. The Morgan fingerprint density at radius 3 is 2.59 bits per heavy atom. The van der Waals surface area contributed by atoms with Gasteiger partial charge in [0.05, 0.1) is 43.2 Å². The molecule has 210 valence electrons. The highest BCUT2D eigenvalue weighted by molar-refractivity contribution is 6.36. The number of urea groups is 1. The smallest absolute Gasteiger partial charge is 0.337 e. The van der Waals surface area contributed by atoms with E-state index in [1.54, 1.807) is 44.2 Å². The first-order chi connectivity index (χ1) is 18.7. The molecule has 2 amide bonds. The van der Waals surface area contributed by atoms with E-state index in [1.165, 1.54) is 13.3 Å². The largest absolute Gasteiger partial charge is 0.492 e. The van der Waals surface area contributed by atoms with E-state index in [2.05, 4.69) is 21.2 Å². The molecule has 11 nitrogen and oxygen atoms in total. The minimum atomic E-state index is -1.18. The van der Waals surface area contributed by atoms with E-state index in [9.17, 15) is 14.7 Å². The van der Waals surface area contributed by atoms with E-state index in [1.807, 2.05) is 6.92 Å². The van der Waals surface area contributed by atoms with Crippen molar-refractivity contribution in [2.45, 2.75) is 33.0 Å². The van der Waals surface area contributed by atoms with Crippen LogP contribution < -0.4 is 30.3 Å². The van der Waals surface area contributed by atoms with Gasteiger partial charge in [-0.1, -0.05) is 29.3 Å². The highest BCUT2D eigenvalue weighted by Crippen LogP contribution is 2.35. The second-order valence-corrected chi connectivity index (χ2v) is 9.00. The minimum absolute atomic E-state index is 0.179. The number of aliphatic hydroxyl groups excluding tert-OH is 1. The average molecular weight is 581 g/mol. The minimum Gasteiger partial charge on any atom is -0.492 e. The molecule has 3 rings (SSSR count). The molecule has 4 N–H and O–H groups in total. The Labute approximate surface area is 236 Å². The third-order valence-corrected chi connectivity index (χ3v) is 5.92. The summed E-state index contributed by atoms with van der Waals surface area (Å²) < 4.78 is 21.9. The molecule has 0 radical (unpaired) electrons. The fourth-order valence-electron chi connectivity index (χ4n) is 3.79. The van der Waals surface area contributed by atoms with Crippen LogP contribution in [0, 0.1) is 0 Å². The molecular formula is C26H30Cl2N4O7. The lowest BCUT2D eigenvalue weighted by molar-refractivity contribution is -0.136. The number of rotatable bonds is 12. The van der Waals surface area contributed by atoms with Crippen LogP contribution in [0.2, 0.25) is 10.0 Å². The summed E-state index contributed by atoms with van der Waals surface area (Å²) in [6, 6.07) is 6.94. The second-order valence-electron chi connectivity index (χ2n) is 8.15. The van der Waals surface area contributed by atoms with E-state index in [0.717, 1.165) is 0 Å². The van der Waals surface area contributed by atoms with E-state index >= 15 is 0 Å². The molecule has 0 bridgehead atoms. The number of hydrazone groups is 1. The number of allylic oxidation sites excluding steroid dienone is 1. The molecule has 1 aliphatic rings. The Morgan fingerprint density at radius 1 is 1.15 bits per heavy atom. The number of carbonyl (C=O) groups is 2. The second kappa shape index (κ2) is 13.9. The van der Waals surface area contributed by atoms with Gasteiger partial charge in [0.1, 0.15) is 12.4 Å². The molecule has 1 heterocycles. The number of methoxy groups -OCH3 is 1. The molecule has 0 aliphatic carbocycles. The summed E-state index contributed by atoms with van der Waals surface area (Å²) in [5.74, 6) is 0.541. The molecule has 39 heavy (non-hydrogen) atoms. The van der Waals surface area contributed by atoms with Crippen molar-refractivity contribution < 1.29 is 33.6 Å². The lowest BCUT2D eigenvalue weighted by Gasteiger charge is -2.28. The van der Waals surface area contributed by atoms with Crippen LogP contribution in [-0.4, -0.2) is 56.5 Å². The zero-order chi connectivity index (χ0) is 28.5. The van der Waals surface area contributed by atoms with Crippen molar-refractivity contribution in [3.63, 3.8) is 0 Å². The SMILES string of the molecule is CCOc1cc([C@H]2NC(=O)NC(C)=C2C(=O)OC)ccc1OC[C@@H](O)N/N=C/c1cc(Cl)cc(Cl)c1OCC. The molecule has 1 aliphatic heterocycles. The first-order valence-electron chi connectivity index (χ1n) is 12.0. The lowest BCUT2D eigenvalue weighted by Crippen LogP contribution is -2.45. The van der Waals surface area contributed by atoms with Crippen LogP contribution in [-0.2, 0) is 9.53 Å². The summed E-state index contributed by atoms with van der Waals surface area (Å²) in [6.45, 7) is 5.79. The Kier molecular flexibility index (Phi) is 10.7. The number of hydrogen-bond donors (Lipinski definition) is 4. The first-order valence-corrected chi connectivity index (χ1v) is 12.8. The number of benzene rings is 2. The number of nitrogens with zero attached hydrogens (tertiary/aromatic N) is 1. The zero-order valence-corrected chi connectivity index (χ0v) is 23.4. The van der Waals surface area contributed by atoms with Crippen LogP contribution in [0.15, 0.2) is 46.7 Å². The third-order valence-electron chi connectivity index (χ3n) is 5.43. The zero-order valence-electron chi connectivity index (χ0n) is 21.8. The summed E-state index contributed by atoms with van der Waals surface area (Å²) in [5.41, 5.74) is 4.32. The van der Waals surface area contributed by atoms with E-state index < -0.39 is 24.3 Å². The molecule has 0 spiro atoms. The van der Waals surface area contributed by atoms with Gasteiger partial charge in [-0.05, 0) is 50.6 Å². The topological polar surface area (TPSA) is 140 Å². The number of carbonyl (C=O) groups excluding carboxylic acids is 2. The van der Waals surface area contributed by atoms with Crippen molar-refractivity contribution in [3.05, 3.63) is 62.8 Å². The summed E-state index contributed by atoms with van der Waals surface area (Å²) in [5, 5.41) is 20.4. The van der Waals surface area contributed by atoms with Crippen molar-refractivity contribution in [3.8, 4) is 17.2 Å². The summed E-state index contributed by atoms with van der Waals surface area (Å²) >= 11 is 12.3. The van der Waals surface area contributed by atoms with Gasteiger partial charge in [-0.25, -0.2) is 9.59 Å². The number of esters is 1. The Balaban J connectivity index is 1.72. The highest BCUT2D eigenvalue weighted by Gasteiger charge is 2.32. The Morgan fingerprint density at radius 2 is 1.90 bits per heavy atom. The first kappa shape index (κ1) is 29.9. The summed E-state index contributed by atoms with van der Waals surface area (Å²) in [7, 11) is 1.27. The van der Waals surface area contributed by atoms with Gasteiger partial charge < -0.3 is 34.7 Å². The normalized spacial score (nSPS) is 15.9. The standard InChI is InChI=1S/C26H30Cl2N4O7/c1-5-37-20-10-15(23-22(25(34)36-4)14(3)30-26(35)31-23)7-8-19(20)39-13-21(33)32-29-12-16-9-17(27)11-18(28)24(16)38-6-2/h7-12,21,23,32-33H,5-6,13H2,1-4H3,(H2,30,31,35)/b29-12+/t21-,23-/m1/s1. The van der Waals surface area contributed by atoms with Gasteiger partial charge in [-0.2, -0.15) is 5.10 Å². The van der Waals surface area contributed by atoms with Crippen LogP contribution >= 0.6 is 23.2 Å². The van der Waals surface area contributed by atoms with Crippen LogP contribution in [0.4, 0.5) is 4.79 Å². The van der Waals surface area contributed by atoms with Crippen LogP contribution in [0.5, 0.6) is 17.2 Å². The monoisotopic (exact) mass is 580 g/mol. The number of amides is 2. The maximum atomic E-state index is 12.4. The van der Waals surface area contributed by atoms with Crippen molar-refractivity contribution >= 4 is 41.4 Å². The van der Waals surface area contributed by atoms with Crippen LogP contribution in [0.25, 0.3) is 0 Å². The van der Waals surface area contributed by atoms with Gasteiger partial charge >= 0.3 is 12.0 Å². The molecule has 0 saturated carbocycles. The van der Waals surface area contributed by atoms with Gasteiger partial charge in [-0.3, -0.25) is 5.43 Å². The van der Waals surface area contributed by atoms with Crippen molar-refractivity contribution in [1.29, 1.82) is 0 Å². The predicted octanol–water partition coefficient (Wildman–Crippen LogP) is 3.91.